The summed E-state index contributed by atoms with van der Waals surface area (Å²) < 4.78 is 0. The third kappa shape index (κ3) is 3.45. The van der Waals surface area contributed by atoms with Crippen LogP contribution in [0.4, 0.5) is 0 Å². The standard InChI is InChI=1S/C26H27ClN2O/c1-2-22(20-13-18-5-3-4-6-19(18)14-20)26(30)29-11-9-17(10-12-29)24-16-28-25-15-21(27)7-8-23(24)25/h3-9,15-16,20,22,28H,2,10-14H2,1H3. The van der Waals surface area contributed by atoms with Gasteiger partial charge >= 0.3 is 0 Å². The van der Waals surface area contributed by atoms with Crippen LogP contribution in [0.5, 0.6) is 0 Å². The highest BCUT2D eigenvalue weighted by atomic mass is 35.5. The Hall–Kier alpha value is -2.52. The Bertz CT molecular complexity index is 1100. The van der Waals surface area contributed by atoms with Gasteiger partial charge in [-0.15, -0.1) is 0 Å². The van der Waals surface area contributed by atoms with Crippen molar-refractivity contribution in [1.82, 2.24) is 9.88 Å². The molecule has 1 unspecified atom stereocenters. The zero-order valence-corrected chi connectivity index (χ0v) is 18.1. The van der Waals surface area contributed by atoms with E-state index >= 15 is 0 Å². The lowest BCUT2D eigenvalue weighted by atomic mass is 9.86. The van der Waals surface area contributed by atoms with Gasteiger partial charge in [-0.2, -0.15) is 0 Å². The van der Waals surface area contributed by atoms with Gasteiger partial charge in [-0.1, -0.05) is 54.9 Å². The van der Waals surface area contributed by atoms with Gasteiger partial charge in [0.2, 0.25) is 5.91 Å². The number of H-pyrrole nitrogens is 1. The third-order valence-corrected chi connectivity index (χ3v) is 7.15. The van der Waals surface area contributed by atoms with Crippen LogP contribution in [0.25, 0.3) is 16.5 Å². The summed E-state index contributed by atoms with van der Waals surface area (Å²) >= 11 is 6.12. The summed E-state index contributed by atoms with van der Waals surface area (Å²) in [4.78, 5) is 18.8. The molecule has 3 nitrogen and oxygen atoms in total. The molecule has 1 atom stereocenters. The van der Waals surface area contributed by atoms with Crippen molar-refractivity contribution < 1.29 is 4.79 Å². The highest BCUT2D eigenvalue weighted by Crippen LogP contribution is 2.35. The maximum atomic E-state index is 13.4. The number of hydrogen-bond donors (Lipinski definition) is 1. The van der Waals surface area contributed by atoms with E-state index < -0.39 is 0 Å². The summed E-state index contributed by atoms with van der Waals surface area (Å²) in [5.41, 5.74) is 6.45. The third-order valence-electron chi connectivity index (χ3n) is 6.92. The van der Waals surface area contributed by atoms with Crippen LogP contribution in [0.3, 0.4) is 0 Å². The molecule has 1 aliphatic heterocycles. The molecule has 2 aliphatic rings. The monoisotopic (exact) mass is 418 g/mol. The second-order valence-electron chi connectivity index (χ2n) is 8.61. The Balaban J connectivity index is 1.30. The summed E-state index contributed by atoms with van der Waals surface area (Å²) in [5.74, 6) is 0.877. The molecule has 0 spiro atoms. The first kappa shape index (κ1) is 19.4. The number of halogens is 1. The summed E-state index contributed by atoms with van der Waals surface area (Å²) in [7, 11) is 0. The molecular formula is C26H27ClN2O. The molecule has 0 saturated heterocycles. The van der Waals surface area contributed by atoms with Crippen LogP contribution in [-0.2, 0) is 17.6 Å². The van der Waals surface area contributed by atoms with E-state index in [1.807, 2.05) is 12.1 Å². The van der Waals surface area contributed by atoms with Crippen molar-refractivity contribution >= 4 is 34.0 Å². The zero-order valence-electron chi connectivity index (χ0n) is 17.3. The Morgan fingerprint density at radius 3 is 2.63 bits per heavy atom. The first-order valence-electron chi connectivity index (χ1n) is 11.0. The van der Waals surface area contributed by atoms with E-state index in [9.17, 15) is 4.79 Å². The molecule has 2 heterocycles. The molecule has 4 heteroatoms. The predicted molar refractivity (Wildman–Crippen MR) is 124 cm³/mol. The molecule has 2 aromatic carbocycles. The fraction of sp³-hybridized carbons (Fsp3) is 0.346. The number of nitrogens with zero attached hydrogens (tertiary/aromatic N) is 1. The Morgan fingerprint density at radius 1 is 1.20 bits per heavy atom. The smallest absolute Gasteiger partial charge is 0.226 e. The Morgan fingerprint density at radius 2 is 1.97 bits per heavy atom. The van der Waals surface area contributed by atoms with E-state index in [0.717, 1.165) is 42.8 Å². The average molecular weight is 419 g/mol. The predicted octanol–water partition coefficient (Wildman–Crippen LogP) is 5.88. The number of aromatic amines is 1. The van der Waals surface area contributed by atoms with Gasteiger partial charge in [0.1, 0.15) is 0 Å². The number of hydrogen-bond acceptors (Lipinski definition) is 1. The molecule has 1 N–H and O–H groups in total. The molecule has 0 bridgehead atoms. The first-order chi connectivity index (χ1) is 14.6. The average Bonchev–Trinajstić information content (AvgIpc) is 3.38. The molecule has 30 heavy (non-hydrogen) atoms. The van der Waals surface area contributed by atoms with Crippen molar-refractivity contribution in [1.29, 1.82) is 0 Å². The van der Waals surface area contributed by atoms with Gasteiger partial charge in [-0.05, 0) is 60.4 Å². The number of rotatable bonds is 4. The second kappa shape index (κ2) is 7.96. The molecule has 0 saturated carbocycles. The minimum Gasteiger partial charge on any atom is -0.361 e. The molecule has 3 aromatic rings. The quantitative estimate of drug-likeness (QED) is 0.564. The van der Waals surface area contributed by atoms with Crippen LogP contribution >= 0.6 is 11.6 Å². The Kier molecular flexibility index (Phi) is 5.16. The van der Waals surface area contributed by atoms with Crippen molar-refractivity contribution in [3.63, 3.8) is 0 Å². The van der Waals surface area contributed by atoms with E-state index in [4.69, 9.17) is 11.6 Å². The second-order valence-corrected chi connectivity index (χ2v) is 9.04. The van der Waals surface area contributed by atoms with Crippen LogP contribution in [0.1, 0.15) is 36.5 Å². The molecule has 0 fully saturated rings. The van der Waals surface area contributed by atoms with Crippen molar-refractivity contribution in [3.05, 3.63) is 76.5 Å². The van der Waals surface area contributed by atoms with Gasteiger partial charge in [0, 0.05) is 46.7 Å². The molecule has 1 amide bonds. The number of carbonyl (C=O) groups excluding carboxylic acids is 1. The molecular weight excluding hydrogens is 392 g/mol. The molecule has 1 aliphatic carbocycles. The summed E-state index contributed by atoms with van der Waals surface area (Å²) in [6.07, 6.45) is 8.17. The normalized spacial score (nSPS) is 17.8. The van der Waals surface area contributed by atoms with Crippen molar-refractivity contribution in [2.24, 2.45) is 11.8 Å². The maximum absolute atomic E-state index is 13.4. The van der Waals surface area contributed by atoms with Crippen LogP contribution in [0.15, 0.2) is 54.7 Å². The molecule has 0 radical (unpaired) electrons. The minimum absolute atomic E-state index is 0.114. The van der Waals surface area contributed by atoms with Crippen LogP contribution < -0.4 is 0 Å². The van der Waals surface area contributed by atoms with E-state index in [1.165, 1.54) is 27.6 Å². The van der Waals surface area contributed by atoms with Gasteiger partial charge in [0.15, 0.2) is 0 Å². The lowest BCUT2D eigenvalue weighted by molar-refractivity contribution is -0.137. The van der Waals surface area contributed by atoms with Gasteiger partial charge < -0.3 is 9.88 Å². The number of fused-ring (bicyclic) bond motifs is 2. The number of carbonyl (C=O) groups is 1. The van der Waals surface area contributed by atoms with Gasteiger partial charge in [-0.25, -0.2) is 0 Å². The van der Waals surface area contributed by atoms with Gasteiger partial charge in [0.05, 0.1) is 0 Å². The maximum Gasteiger partial charge on any atom is 0.226 e. The lowest BCUT2D eigenvalue weighted by Crippen LogP contribution is -2.41. The number of aromatic nitrogens is 1. The van der Waals surface area contributed by atoms with Crippen molar-refractivity contribution in [3.8, 4) is 0 Å². The van der Waals surface area contributed by atoms with E-state index in [1.54, 1.807) is 0 Å². The highest BCUT2D eigenvalue weighted by molar-refractivity contribution is 6.31. The van der Waals surface area contributed by atoms with Crippen LogP contribution in [0.2, 0.25) is 5.02 Å². The number of amides is 1. The molecule has 1 aromatic heterocycles. The number of benzene rings is 2. The largest absolute Gasteiger partial charge is 0.361 e. The van der Waals surface area contributed by atoms with E-state index in [2.05, 4.69) is 59.4 Å². The molecule has 5 rings (SSSR count). The summed E-state index contributed by atoms with van der Waals surface area (Å²) in [6.45, 7) is 3.65. The molecule has 154 valence electrons. The van der Waals surface area contributed by atoms with Crippen molar-refractivity contribution in [2.45, 2.75) is 32.6 Å². The van der Waals surface area contributed by atoms with E-state index in [0.29, 0.717) is 18.4 Å². The SMILES string of the molecule is CCC(C(=O)N1CC=C(c2c[nH]c3cc(Cl)ccc23)CC1)C1Cc2ccccc2C1. The van der Waals surface area contributed by atoms with Crippen LogP contribution in [-0.4, -0.2) is 28.9 Å². The highest BCUT2D eigenvalue weighted by Gasteiger charge is 2.34. The lowest BCUT2D eigenvalue weighted by Gasteiger charge is -2.32. The van der Waals surface area contributed by atoms with Gasteiger partial charge in [-0.3, -0.25) is 4.79 Å². The van der Waals surface area contributed by atoms with E-state index in [-0.39, 0.29) is 5.92 Å². The fourth-order valence-electron chi connectivity index (χ4n) is 5.30. The zero-order chi connectivity index (χ0) is 20.7. The summed E-state index contributed by atoms with van der Waals surface area (Å²) in [5, 5.41) is 1.94. The van der Waals surface area contributed by atoms with Gasteiger partial charge in [0.25, 0.3) is 0 Å². The summed E-state index contributed by atoms with van der Waals surface area (Å²) in [6, 6.07) is 14.6. The number of nitrogens with one attached hydrogen (secondary N) is 1. The van der Waals surface area contributed by atoms with Crippen molar-refractivity contribution in [2.75, 3.05) is 13.1 Å². The first-order valence-corrected chi connectivity index (χ1v) is 11.3. The minimum atomic E-state index is 0.114. The fourth-order valence-corrected chi connectivity index (χ4v) is 5.47. The van der Waals surface area contributed by atoms with Crippen LogP contribution in [0, 0.1) is 11.8 Å². The Labute approximate surface area is 182 Å². The topological polar surface area (TPSA) is 36.1 Å².